The highest BCUT2D eigenvalue weighted by molar-refractivity contribution is 7.13. The van der Waals surface area contributed by atoms with Gasteiger partial charge in [0.15, 0.2) is 0 Å². The van der Waals surface area contributed by atoms with E-state index in [9.17, 15) is 4.79 Å². The number of nitrogens with zero attached hydrogens (tertiary/aromatic N) is 4. The van der Waals surface area contributed by atoms with Crippen LogP contribution in [-0.2, 0) is 17.8 Å². The quantitative estimate of drug-likeness (QED) is 0.662. The number of pyridine rings is 1. The van der Waals surface area contributed by atoms with E-state index >= 15 is 0 Å². The van der Waals surface area contributed by atoms with Crippen LogP contribution >= 0.6 is 11.3 Å². The Hall–Kier alpha value is -2.77. The number of carbonyl (C=O) groups excluding carboxylic acids is 1. The van der Waals surface area contributed by atoms with Crippen molar-refractivity contribution in [3.8, 4) is 10.6 Å². The number of rotatable bonds is 6. The molecule has 4 rings (SSSR count). The number of anilines is 1. The Balaban J connectivity index is 1.27. The smallest absolute Gasteiger partial charge is 0.226 e. The van der Waals surface area contributed by atoms with Gasteiger partial charge in [-0.25, -0.2) is 9.97 Å². The summed E-state index contributed by atoms with van der Waals surface area (Å²) in [6.45, 7) is 4.70. The molecule has 1 aliphatic heterocycles. The highest BCUT2D eigenvalue weighted by Crippen LogP contribution is 2.23. The van der Waals surface area contributed by atoms with Gasteiger partial charge in [0.25, 0.3) is 0 Å². The van der Waals surface area contributed by atoms with Crippen LogP contribution in [0.5, 0.6) is 0 Å². The zero-order valence-electron chi connectivity index (χ0n) is 17.3. The summed E-state index contributed by atoms with van der Waals surface area (Å²) in [6.07, 6.45) is 3.30. The van der Waals surface area contributed by atoms with Gasteiger partial charge in [0.1, 0.15) is 10.8 Å². The summed E-state index contributed by atoms with van der Waals surface area (Å²) in [6, 6.07) is 14.1. The first kappa shape index (κ1) is 20.5. The van der Waals surface area contributed by atoms with Gasteiger partial charge in [0.2, 0.25) is 5.91 Å². The van der Waals surface area contributed by atoms with E-state index in [4.69, 9.17) is 0 Å². The summed E-state index contributed by atoms with van der Waals surface area (Å²) in [7, 11) is 2.16. The van der Waals surface area contributed by atoms with Gasteiger partial charge in [-0.1, -0.05) is 36.4 Å². The van der Waals surface area contributed by atoms with Crippen LogP contribution in [0.2, 0.25) is 0 Å². The van der Waals surface area contributed by atoms with Gasteiger partial charge in [-0.3, -0.25) is 4.79 Å². The molecule has 0 unspecified atom stereocenters. The van der Waals surface area contributed by atoms with Crippen molar-refractivity contribution in [3.63, 3.8) is 0 Å². The molecule has 3 aromatic rings. The first-order valence-corrected chi connectivity index (χ1v) is 11.2. The van der Waals surface area contributed by atoms with Crippen LogP contribution in [0.25, 0.3) is 10.6 Å². The van der Waals surface area contributed by atoms with Crippen LogP contribution in [0.15, 0.2) is 54.0 Å². The summed E-state index contributed by atoms with van der Waals surface area (Å²) < 4.78 is 0. The molecule has 1 fully saturated rings. The molecule has 1 saturated heterocycles. The molecule has 0 saturated carbocycles. The predicted molar refractivity (Wildman–Crippen MR) is 122 cm³/mol. The molecular formula is C23H27N5OS. The fraction of sp³-hybridized carbons (Fsp3) is 0.348. The normalized spacial score (nSPS) is 15.0. The third-order valence-electron chi connectivity index (χ3n) is 5.26. The number of hydrogen-bond acceptors (Lipinski definition) is 6. The first-order chi connectivity index (χ1) is 14.7. The minimum absolute atomic E-state index is 0.0282. The molecule has 0 bridgehead atoms. The van der Waals surface area contributed by atoms with E-state index in [0.29, 0.717) is 6.54 Å². The first-order valence-electron chi connectivity index (χ1n) is 10.3. The number of aromatic nitrogens is 2. The number of nitrogens with one attached hydrogen (secondary N) is 1. The zero-order chi connectivity index (χ0) is 20.8. The maximum absolute atomic E-state index is 12.3. The lowest BCUT2D eigenvalue weighted by Gasteiger charge is -2.21. The summed E-state index contributed by atoms with van der Waals surface area (Å²) in [5.41, 5.74) is 2.88. The van der Waals surface area contributed by atoms with Crippen molar-refractivity contribution >= 4 is 23.1 Å². The van der Waals surface area contributed by atoms with Crippen molar-refractivity contribution in [1.29, 1.82) is 0 Å². The Bertz CT molecular complexity index is 957. The van der Waals surface area contributed by atoms with Crippen molar-refractivity contribution in [3.05, 3.63) is 65.3 Å². The molecule has 3 heterocycles. The van der Waals surface area contributed by atoms with Gasteiger partial charge in [-0.15, -0.1) is 11.3 Å². The third-order valence-corrected chi connectivity index (χ3v) is 6.20. The van der Waals surface area contributed by atoms with Crippen molar-refractivity contribution in [2.75, 3.05) is 38.1 Å². The van der Waals surface area contributed by atoms with Gasteiger partial charge in [0, 0.05) is 43.3 Å². The van der Waals surface area contributed by atoms with Crippen molar-refractivity contribution in [2.45, 2.75) is 19.4 Å². The maximum atomic E-state index is 12.3. The van der Waals surface area contributed by atoms with Gasteiger partial charge < -0.3 is 15.1 Å². The van der Waals surface area contributed by atoms with Crippen molar-refractivity contribution in [1.82, 2.24) is 20.2 Å². The van der Waals surface area contributed by atoms with Gasteiger partial charge in [0.05, 0.1) is 12.1 Å². The highest BCUT2D eigenvalue weighted by Gasteiger charge is 2.14. The molecule has 0 atom stereocenters. The minimum atomic E-state index is -0.0282. The molecule has 0 radical (unpaired) electrons. The third kappa shape index (κ3) is 5.43. The van der Waals surface area contributed by atoms with Crippen molar-refractivity contribution in [2.24, 2.45) is 0 Å². The Kier molecular flexibility index (Phi) is 6.71. The number of hydrogen-bond donors (Lipinski definition) is 1. The Morgan fingerprint density at radius 1 is 1.10 bits per heavy atom. The maximum Gasteiger partial charge on any atom is 0.226 e. The molecule has 0 spiro atoms. The molecule has 30 heavy (non-hydrogen) atoms. The van der Waals surface area contributed by atoms with E-state index in [1.807, 2.05) is 48.0 Å². The van der Waals surface area contributed by atoms with Crippen LogP contribution in [0.1, 0.15) is 17.7 Å². The lowest BCUT2D eigenvalue weighted by molar-refractivity contribution is -0.120. The summed E-state index contributed by atoms with van der Waals surface area (Å²) in [5, 5.41) is 5.87. The van der Waals surface area contributed by atoms with E-state index in [-0.39, 0.29) is 12.3 Å². The Labute approximate surface area is 181 Å². The summed E-state index contributed by atoms with van der Waals surface area (Å²) in [4.78, 5) is 26.2. The monoisotopic (exact) mass is 421 g/mol. The predicted octanol–water partition coefficient (Wildman–Crippen LogP) is 3.21. The van der Waals surface area contributed by atoms with Crippen LogP contribution in [-0.4, -0.2) is 54.0 Å². The number of likely N-dealkylation sites (N-methyl/N-ethyl adjacent to an activating group) is 1. The van der Waals surface area contributed by atoms with Crippen LogP contribution in [0.3, 0.4) is 0 Å². The van der Waals surface area contributed by atoms with Gasteiger partial charge in [-0.2, -0.15) is 0 Å². The molecule has 6 nitrogen and oxygen atoms in total. The number of amides is 1. The molecule has 7 heteroatoms. The second-order valence-electron chi connectivity index (χ2n) is 7.63. The van der Waals surface area contributed by atoms with E-state index in [2.05, 4.69) is 38.2 Å². The number of carbonyl (C=O) groups is 1. The van der Waals surface area contributed by atoms with Crippen LogP contribution < -0.4 is 10.2 Å². The van der Waals surface area contributed by atoms with E-state index < -0.39 is 0 Å². The Morgan fingerprint density at radius 3 is 2.77 bits per heavy atom. The molecule has 1 aliphatic rings. The molecule has 0 aliphatic carbocycles. The van der Waals surface area contributed by atoms with Crippen LogP contribution in [0, 0.1) is 0 Å². The SMILES string of the molecule is CN1CCCN(c2ccc(CNC(=O)Cc3csc(-c4ccccc4)n3)cn2)CC1. The highest BCUT2D eigenvalue weighted by atomic mass is 32.1. The fourth-order valence-electron chi connectivity index (χ4n) is 3.51. The average molecular weight is 422 g/mol. The molecular weight excluding hydrogens is 394 g/mol. The lowest BCUT2D eigenvalue weighted by Crippen LogP contribution is -2.29. The second-order valence-corrected chi connectivity index (χ2v) is 8.49. The molecule has 1 N–H and O–H groups in total. The number of benzene rings is 1. The Morgan fingerprint density at radius 2 is 1.97 bits per heavy atom. The van der Waals surface area contributed by atoms with Gasteiger partial charge >= 0.3 is 0 Å². The molecule has 1 amide bonds. The average Bonchev–Trinajstić information content (AvgIpc) is 3.13. The van der Waals surface area contributed by atoms with E-state index in [1.54, 1.807) is 11.3 Å². The summed E-state index contributed by atoms with van der Waals surface area (Å²) >= 11 is 1.57. The fourth-order valence-corrected chi connectivity index (χ4v) is 4.34. The van der Waals surface area contributed by atoms with E-state index in [1.165, 1.54) is 0 Å². The largest absolute Gasteiger partial charge is 0.355 e. The molecule has 156 valence electrons. The molecule has 1 aromatic carbocycles. The summed E-state index contributed by atoms with van der Waals surface area (Å²) in [5.74, 6) is 0.982. The minimum Gasteiger partial charge on any atom is -0.355 e. The molecule has 2 aromatic heterocycles. The van der Waals surface area contributed by atoms with Gasteiger partial charge in [-0.05, 0) is 31.6 Å². The van der Waals surface area contributed by atoms with E-state index in [0.717, 1.165) is 60.2 Å². The zero-order valence-corrected chi connectivity index (χ0v) is 18.1. The van der Waals surface area contributed by atoms with Crippen molar-refractivity contribution < 1.29 is 4.79 Å². The lowest BCUT2D eigenvalue weighted by atomic mass is 10.2. The second kappa shape index (κ2) is 9.82. The number of thiazole rings is 1. The topological polar surface area (TPSA) is 61.4 Å². The standard InChI is InChI=1S/C23H27N5OS/c1-27-10-5-11-28(13-12-27)21-9-8-18(15-24-21)16-25-22(29)14-20-17-30-23(26-20)19-6-3-2-4-7-19/h2-4,6-9,15,17H,5,10-14,16H2,1H3,(H,25,29). The van der Waals surface area contributed by atoms with Crippen LogP contribution in [0.4, 0.5) is 5.82 Å².